The van der Waals surface area contributed by atoms with Crippen LogP contribution in [0.15, 0.2) is 41.4 Å². The number of hydrogen-bond donors (Lipinski definition) is 2. The number of imide groups is 1. The van der Waals surface area contributed by atoms with E-state index in [2.05, 4.69) is 27.8 Å². The summed E-state index contributed by atoms with van der Waals surface area (Å²) < 4.78 is 5.16. The van der Waals surface area contributed by atoms with Crippen LogP contribution in [0.4, 0.5) is 0 Å². The Morgan fingerprint density at radius 3 is 2.28 bits per heavy atom. The van der Waals surface area contributed by atoms with Gasteiger partial charge >= 0.3 is 0 Å². The topological polar surface area (TPSA) is 83.0 Å². The third-order valence-electron chi connectivity index (χ3n) is 6.03. The van der Waals surface area contributed by atoms with Crippen molar-refractivity contribution in [2.75, 3.05) is 27.2 Å². The maximum atomic E-state index is 12.7. The number of allylic oxidation sites excluding steroid dienone is 2. The Kier molecular flexibility index (Phi) is 6.81. The molecule has 7 nitrogen and oxygen atoms in total. The van der Waals surface area contributed by atoms with Crippen LogP contribution in [0.3, 0.4) is 0 Å². The van der Waals surface area contributed by atoms with E-state index >= 15 is 0 Å². The molecule has 156 valence electrons. The van der Waals surface area contributed by atoms with Crippen LogP contribution in [-0.4, -0.2) is 49.9 Å². The maximum Gasteiger partial charge on any atom is 0.233 e. The van der Waals surface area contributed by atoms with Gasteiger partial charge in [0.25, 0.3) is 0 Å². The van der Waals surface area contributed by atoms with Crippen molar-refractivity contribution in [1.29, 1.82) is 0 Å². The molecule has 0 radical (unpaired) electrons. The SMILES string of the molecule is CN=C(NCCN1C(=O)C2C3C=CC(C3)C2C1=O)NCc1ccc(OC)cc1.I. The van der Waals surface area contributed by atoms with Gasteiger partial charge in [0.05, 0.1) is 18.9 Å². The molecule has 0 aromatic heterocycles. The summed E-state index contributed by atoms with van der Waals surface area (Å²) in [5.74, 6) is 1.69. The number of amides is 2. The molecule has 1 aliphatic heterocycles. The van der Waals surface area contributed by atoms with Gasteiger partial charge in [0.15, 0.2) is 5.96 Å². The fourth-order valence-corrected chi connectivity index (χ4v) is 4.62. The van der Waals surface area contributed by atoms with Gasteiger partial charge in [-0.1, -0.05) is 24.3 Å². The van der Waals surface area contributed by atoms with Crippen LogP contribution in [-0.2, 0) is 16.1 Å². The smallest absolute Gasteiger partial charge is 0.233 e. The molecule has 1 saturated carbocycles. The second kappa shape index (κ2) is 9.15. The predicted molar refractivity (Wildman–Crippen MR) is 121 cm³/mol. The number of hydrogen-bond acceptors (Lipinski definition) is 4. The van der Waals surface area contributed by atoms with E-state index in [0.29, 0.717) is 25.6 Å². The summed E-state index contributed by atoms with van der Waals surface area (Å²) in [6, 6.07) is 7.80. The number of nitrogens with one attached hydrogen (secondary N) is 2. The zero-order chi connectivity index (χ0) is 19.7. The number of carbonyl (C=O) groups is 2. The van der Waals surface area contributed by atoms with Crippen LogP contribution >= 0.6 is 24.0 Å². The summed E-state index contributed by atoms with van der Waals surface area (Å²) >= 11 is 0. The van der Waals surface area contributed by atoms with E-state index < -0.39 is 0 Å². The van der Waals surface area contributed by atoms with E-state index in [9.17, 15) is 9.59 Å². The minimum absolute atomic E-state index is 0. The number of ether oxygens (including phenoxy) is 1. The first-order chi connectivity index (χ1) is 13.6. The molecule has 8 heteroatoms. The molecule has 2 fully saturated rings. The number of halogens is 1. The van der Waals surface area contributed by atoms with E-state index in [0.717, 1.165) is 17.7 Å². The highest BCUT2D eigenvalue weighted by molar-refractivity contribution is 14.0. The fraction of sp³-hybridized carbons (Fsp3) is 0.476. The van der Waals surface area contributed by atoms with Crippen molar-refractivity contribution in [1.82, 2.24) is 15.5 Å². The Morgan fingerprint density at radius 2 is 1.72 bits per heavy atom. The van der Waals surface area contributed by atoms with Crippen LogP contribution in [0.5, 0.6) is 5.75 Å². The molecule has 4 unspecified atom stereocenters. The van der Waals surface area contributed by atoms with Gasteiger partial charge in [-0.2, -0.15) is 0 Å². The highest BCUT2D eigenvalue weighted by atomic mass is 127. The van der Waals surface area contributed by atoms with Crippen LogP contribution in [0.2, 0.25) is 0 Å². The van der Waals surface area contributed by atoms with Gasteiger partial charge < -0.3 is 15.4 Å². The molecule has 1 heterocycles. The molecule has 1 saturated heterocycles. The first-order valence-electron chi connectivity index (χ1n) is 9.73. The first kappa shape index (κ1) is 21.6. The van der Waals surface area contributed by atoms with Crippen LogP contribution in [0.25, 0.3) is 0 Å². The van der Waals surface area contributed by atoms with Gasteiger partial charge in [-0.3, -0.25) is 19.5 Å². The second-order valence-corrected chi connectivity index (χ2v) is 7.53. The van der Waals surface area contributed by atoms with Gasteiger partial charge in [0, 0.05) is 26.7 Å². The lowest BCUT2D eigenvalue weighted by Gasteiger charge is -2.18. The first-order valence-corrected chi connectivity index (χ1v) is 9.73. The number of carbonyl (C=O) groups excluding carboxylic acids is 2. The third-order valence-corrected chi connectivity index (χ3v) is 6.03. The summed E-state index contributed by atoms with van der Waals surface area (Å²) in [5.41, 5.74) is 1.10. The molecule has 1 aromatic carbocycles. The minimum Gasteiger partial charge on any atom is -0.497 e. The van der Waals surface area contributed by atoms with E-state index in [1.165, 1.54) is 4.90 Å². The average Bonchev–Trinajstić information content (AvgIpc) is 3.40. The van der Waals surface area contributed by atoms with Crippen molar-refractivity contribution in [3.63, 3.8) is 0 Å². The number of benzene rings is 1. The van der Waals surface area contributed by atoms with Crippen molar-refractivity contribution in [2.24, 2.45) is 28.7 Å². The highest BCUT2D eigenvalue weighted by Gasteiger charge is 2.58. The predicted octanol–water partition coefficient (Wildman–Crippen LogP) is 1.79. The zero-order valence-corrected chi connectivity index (χ0v) is 19.0. The lowest BCUT2D eigenvalue weighted by molar-refractivity contribution is -0.140. The number of guanidine groups is 1. The third kappa shape index (κ3) is 4.12. The van der Waals surface area contributed by atoms with E-state index in [-0.39, 0.29) is 59.5 Å². The van der Waals surface area contributed by atoms with Gasteiger partial charge in [-0.25, -0.2) is 0 Å². The van der Waals surface area contributed by atoms with Gasteiger partial charge in [0.2, 0.25) is 11.8 Å². The molecular formula is C21H27IN4O3. The molecule has 0 spiro atoms. The molecule has 1 aromatic rings. The lowest BCUT2D eigenvalue weighted by Crippen LogP contribution is -2.43. The summed E-state index contributed by atoms with van der Waals surface area (Å²) in [5, 5.41) is 6.42. The minimum atomic E-state index is -0.130. The lowest BCUT2D eigenvalue weighted by atomic mass is 9.85. The molecule has 2 N–H and O–H groups in total. The van der Waals surface area contributed by atoms with Crippen molar-refractivity contribution < 1.29 is 14.3 Å². The average molecular weight is 510 g/mol. The number of aliphatic imine (C=N–C) groups is 1. The Bertz CT molecular complexity index is 794. The number of methoxy groups -OCH3 is 1. The Balaban J connectivity index is 0.00000240. The zero-order valence-electron chi connectivity index (χ0n) is 16.6. The molecule has 4 rings (SSSR count). The van der Waals surface area contributed by atoms with Gasteiger partial charge in [0.1, 0.15) is 5.75 Å². The molecule has 29 heavy (non-hydrogen) atoms. The normalized spacial score (nSPS) is 27.1. The van der Waals surface area contributed by atoms with Crippen LogP contribution < -0.4 is 15.4 Å². The molecule has 3 aliphatic rings. The molecule has 2 aliphatic carbocycles. The summed E-state index contributed by atoms with van der Waals surface area (Å²) in [6.07, 6.45) is 5.19. The Labute approximate surface area is 188 Å². The van der Waals surface area contributed by atoms with Crippen molar-refractivity contribution in [3.8, 4) is 5.75 Å². The molecule has 4 atom stereocenters. The highest BCUT2D eigenvalue weighted by Crippen LogP contribution is 2.52. The fourth-order valence-electron chi connectivity index (χ4n) is 4.62. The number of rotatable bonds is 6. The number of likely N-dealkylation sites (tertiary alicyclic amines) is 1. The molecular weight excluding hydrogens is 483 g/mol. The maximum absolute atomic E-state index is 12.7. The Morgan fingerprint density at radius 1 is 1.10 bits per heavy atom. The van der Waals surface area contributed by atoms with Gasteiger partial charge in [-0.05, 0) is 36.0 Å². The second-order valence-electron chi connectivity index (χ2n) is 7.53. The monoisotopic (exact) mass is 510 g/mol. The van der Waals surface area contributed by atoms with Crippen LogP contribution in [0, 0.1) is 23.7 Å². The number of nitrogens with zero attached hydrogens (tertiary/aromatic N) is 2. The van der Waals surface area contributed by atoms with E-state index in [1.54, 1.807) is 14.2 Å². The summed E-state index contributed by atoms with van der Waals surface area (Å²) in [4.78, 5) is 31.0. The van der Waals surface area contributed by atoms with Crippen molar-refractivity contribution >= 4 is 41.8 Å². The quantitative estimate of drug-likeness (QED) is 0.201. The molecule has 2 bridgehead atoms. The summed E-state index contributed by atoms with van der Waals surface area (Å²) in [7, 11) is 3.34. The van der Waals surface area contributed by atoms with Crippen LogP contribution in [0.1, 0.15) is 12.0 Å². The Hall–Kier alpha value is -2.10. The summed E-state index contributed by atoms with van der Waals surface area (Å²) in [6.45, 7) is 1.46. The van der Waals surface area contributed by atoms with E-state index in [4.69, 9.17) is 4.74 Å². The standard InChI is InChI=1S/C21H26N4O3.HI/c1-22-21(24-12-13-3-7-16(28-2)8-4-13)23-9-10-25-19(26)17-14-5-6-15(11-14)18(17)20(25)27;/h3-8,14-15,17-18H,9-12H2,1-2H3,(H2,22,23,24);1H. The molecule has 2 amide bonds. The van der Waals surface area contributed by atoms with E-state index in [1.807, 2.05) is 24.3 Å². The van der Waals surface area contributed by atoms with Crippen molar-refractivity contribution in [3.05, 3.63) is 42.0 Å². The largest absolute Gasteiger partial charge is 0.497 e. The van der Waals surface area contributed by atoms with Gasteiger partial charge in [-0.15, -0.1) is 24.0 Å². The number of fused-ring (bicyclic) bond motifs is 5. The van der Waals surface area contributed by atoms with Crippen molar-refractivity contribution in [2.45, 2.75) is 13.0 Å².